The lowest BCUT2D eigenvalue weighted by atomic mass is 10.4. The minimum absolute atomic E-state index is 0.173. The Morgan fingerprint density at radius 1 is 1.50 bits per heavy atom. The van der Waals surface area contributed by atoms with Gasteiger partial charge in [0.05, 0.1) is 11.1 Å². The van der Waals surface area contributed by atoms with Crippen molar-refractivity contribution in [2.75, 3.05) is 6.26 Å². The highest BCUT2D eigenvalue weighted by Gasteiger charge is 2.20. The molecular formula is C8H8FN3O2S2. The lowest BCUT2D eigenvalue weighted by Gasteiger charge is -2.01. The van der Waals surface area contributed by atoms with Gasteiger partial charge in [-0.25, -0.2) is 9.97 Å². The van der Waals surface area contributed by atoms with E-state index in [9.17, 15) is 12.3 Å². The van der Waals surface area contributed by atoms with E-state index in [4.69, 9.17) is 0 Å². The summed E-state index contributed by atoms with van der Waals surface area (Å²) in [6, 6.07) is 1.44. The van der Waals surface area contributed by atoms with Crippen LogP contribution < -0.4 is 0 Å². The summed E-state index contributed by atoms with van der Waals surface area (Å²) in [4.78, 5) is 10.5. The van der Waals surface area contributed by atoms with Crippen molar-refractivity contribution < 1.29 is 12.3 Å². The standard InChI is InChI=1S/C8H8FN3O2S2/c1-15-4-6-11-7-5(2-3-10-7)8(12-6)16(9,13)14/h2-3H,4H2,1H3,(H,10,11,12). The third-order valence-electron chi connectivity index (χ3n) is 1.93. The van der Waals surface area contributed by atoms with Gasteiger partial charge in [-0.3, -0.25) is 0 Å². The number of aromatic amines is 1. The summed E-state index contributed by atoms with van der Waals surface area (Å²) in [7, 11) is -4.82. The average Bonchev–Trinajstić information content (AvgIpc) is 2.63. The van der Waals surface area contributed by atoms with Gasteiger partial charge in [0, 0.05) is 6.20 Å². The second-order valence-corrected chi connectivity index (χ2v) is 5.18. The van der Waals surface area contributed by atoms with Crippen molar-refractivity contribution in [3.63, 3.8) is 0 Å². The number of nitrogens with one attached hydrogen (secondary N) is 1. The average molecular weight is 261 g/mol. The maximum Gasteiger partial charge on any atom is 0.350 e. The Balaban J connectivity index is 2.74. The van der Waals surface area contributed by atoms with Crippen molar-refractivity contribution in [2.45, 2.75) is 10.8 Å². The van der Waals surface area contributed by atoms with Crippen molar-refractivity contribution in [3.8, 4) is 0 Å². The van der Waals surface area contributed by atoms with Gasteiger partial charge in [0.25, 0.3) is 0 Å². The third-order valence-corrected chi connectivity index (χ3v) is 3.25. The largest absolute Gasteiger partial charge is 0.350 e. The fourth-order valence-electron chi connectivity index (χ4n) is 1.34. The molecule has 0 unspecified atom stereocenters. The fourth-order valence-corrected chi connectivity index (χ4v) is 2.37. The molecule has 2 aromatic rings. The number of nitrogens with zero attached hydrogens (tertiary/aromatic N) is 2. The molecular weight excluding hydrogens is 253 g/mol. The van der Waals surface area contributed by atoms with E-state index >= 15 is 0 Å². The summed E-state index contributed by atoms with van der Waals surface area (Å²) in [5.41, 5.74) is 0.329. The monoisotopic (exact) mass is 261 g/mol. The van der Waals surface area contributed by atoms with Gasteiger partial charge in [0.2, 0.25) is 0 Å². The molecule has 0 atom stereocenters. The highest BCUT2D eigenvalue weighted by Crippen LogP contribution is 2.21. The van der Waals surface area contributed by atoms with Crippen LogP contribution in [0.15, 0.2) is 17.3 Å². The van der Waals surface area contributed by atoms with Gasteiger partial charge in [-0.2, -0.15) is 20.2 Å². The molecule has 0 amide bonds. The van der Waals surface area contributed by atoms with Crippen LogP contribution in [-0.4, -0.2) is 29.6 Å². The number of hydrogen-bond acceptors (Lipinski definition) is 5. The van der Waals surface area contributed by atoms with Crippen molar-refractivity contribution >= 4 is 33.0 Å². The molecule has 0 aliphatic rings. The molecule has 0 bridgehead atoms. The molecule has 0 saturated carbocycles. The molecule has 1 N–H and O–H groups in total. The van der Waals surface area contributed by atoms with Gasteiger partial charge in [-0.15, -0.1) is 0 Å². The number of rotatable bonds is 3. The summed E-state index contributed by atoms with van der Waals surface area (Å²) in [5, 5.41) is -0.393. The number of fused-ring (bicyclic) bond motifs is 1. The highest BCUT2D eigenvalue weighted by molar-refractivity contribution is 7.97. The van der Waals surface area contributed by atoms with Crippen LogP contribution in [0.25, 0.3) is 11.0 Å². The predicted octanol–water partition coefficient (Wildman–Crippen LogP) is 1.48. The van der Waals surface area contributed by atoms with Crippen molar-refractivity contribution in [2.24, 2.45) is 0 Å². The van der Waals surface area contributed by atoms with Crippen LogP contribution in [0.5, 0.6) is 0 Å². The Kier molecular flexibility index (Phi) is 2.85. The summed E-state index contributed by atoms with van der Waals surface area (Å²) in [5.74, 6) is 0.718. The Hall–Kier alpha value is -1.15. The summed E-state index contributed by atoms with van der Waals surface area (Å²) in [6.45, 7) is 0. The van der Waals surface area contributed by atoms with Crippen molar-refractivity contribution in [1.82, 2.24) is 15.0 Å². The number of hydrogen-bond donors (Lipinski definition) is 1. The van der Waals surface area contributed by atoms with Crippen LogP contribution in [0.3, 0.4) is 0 Å². The second kappa shape index (κ2) is 4.02. The van der Waals surface area contributed by atoms with Gasteiger partial charge in [-0.1, -0.05) is 3.89 Å². The lowest BCUT2D eigenvalue weighted by Crippen LogP contribution is -2.02. The first-order valence-corrected chi connectivity index (χ1v) is 7.07. The molecule has 0 fully saturated rings. The molecule has 8 heteroatoms. The molecule has 2 rings (SSSR count). The van der Waals surface area contributed by atoms with Crippen LogP contribution in [0.4, 0.5) is 3.89 Å². The van der Waals surface area contributed by atoms with E-state index in [0.717, 1.165) is 0 Å². The Morgan fingerprint density at radius 2 is 2.25 bits per heavy atom. The summed E-state index contributed by atoms with van der Waals surface area (Å²) < 4.78 is 34.9. The van der Waals surface area contributed by atoms with E-state index in [0.29, 0.717) is 17.2 Å². The molecule has 86 valence electrons. The maximum atomic E-state index is 13.0. The molecule has 16 heavy (non-hydrogen) atoms. The van der Waals surface area contributed by atoms with Gasteiger partial charge in [-0.05, 0) is 12.3 Å². The fraction of sp³-hybridized carbons (Fsp3) is 0.250. The van der Waals surface area contributed by atoms with Gasteiger partial charge < -0.3 is 4.98 Å². The minimum Gasteiger partial charge on any atom is -0.346 e. The molecule has 0 spiro atoms. The Labute approximate surface area is 95.7 Å². The maximum absolute atomic E-state index is 13.0. The molecule has 2 heterocycles. The smallest absolute Gasteiger partial charge is 0.346 e. The van der Waals surface area contributed by atoms with Gasteiger partial charge >= 0.3 is 10.2 Å². The van der Waals surface area contributed by atoms with Crippen LogP contribution in [0.1, 0.15) is 5.82 Å². The number of aromatic nitrogens is 3. The predicted molar refractivity (Wildman–Crippen MR) is 59.4 cm³/mol. The molecule has 0 aromatic carbocycles. The molecule has 5 nitrogen and oxygen atoms in total. The SMILES string of the molecule is CSCc1nc(S(=O)(=O)F)c2cc[nH]c2n1. The first-order chi connectivity index (χ1) is 7.52. The van der Waals surface area contributed by atoms with Gasteiger partial charge in [0.1, 0.15) is 11.5 Å². The van der Waals surface area contributed by atoms with Crippen molar-refractivity contribution in [1.29, 1.82) is 0 Å². The normalized spacial score (nSPS) is 12.1. The van der Waals surface area contributed by atoms with E-state index in [1.165, 1.54) is 24.0 Å². The first kappa shape index (κ1) is 11.3. The first-order valence-electron chi connectivity index (χ1n) is 4.30. The van der Waals surface area contributed by atoms with Gasteiger partial charge in [0.15, 0.2) is 5.03 Å². The number of halogens is 1. The second-order valence-electron chi connectivity index (χ2n) is 3.06. The quantitative estimate of drug-likeness (QED) is 0.669. The van der Waals surface area contributed by atoms with Crippen molar-refractivity contribution in [3.05, 3.63) is 18.1 Å². The molecule has 0 radical (unpaired) electrons. The summed E-state index contributed by atoms with van der Waals surface area (Å²) in [6.07, 6.45) is 3.32. The number of H-pyrrole nitrogens is 1. The zero-order chi connectivity index (χ0) is 11.8. The zero-order valence-corrected chi connectivity index (χ0v) is 9.90. The van der Waals surface area contributed by atoms with E-state index in [1.807, 2.05) is 6.26 Å². The van der Waals surface area contributed by atoms with Crippen LogP contribution in [-0.2, 0) is 16.0 Å². The highest BCUT2D eigenvalue weighted by atomic mass is 32.3. The van der Waals surface area contributed by atoms with E-state index in [1.54, 1.807) is 0 Å². The Morgan fingerprint density at radius 3 is 2.88 bits per heavy atom. The number of thioether (sulfide) groups is 1. The zero-order valence-electron chi connectivity index (χ0n) is 8.27. The molecule has 2 aromatic heterocycles. The molecule has 0 aliphatic heterocycles. The molecule has 0 aliphatic carbocycles. The topological polar surface area (TPSA) is 75.7 Å². The van der Waals surface area contributed by atoms with Crippen LogP contribution in [0, 0.1) is 0 Å². The summed E-state index contributed by atoms with van der Waals surface area (Å²) >= 11 is 1.43. The van der Waals surface area contributed by atoms with E-state index in [-0.39, 0.29) is 5.39 Å². The van der Waals surface area contributed by atoms with E-state index < -0.39 is 15.2 Å². The van der Waals surface area contributed by atoms with Crippen LogP contribution >= 0.6 is 11.8 Å². The Bertz CT molecular complexity index is 623. The minimum atomic E-state index is -4.82. The van der Waals surface area contributed by atoms with E-state index in [2.05, 4.69) is 15.0 Å². The van der Waals surface area contributed by atoms with Crippen LogP contribution in [0.2, 0.25) is 0 Å². The third kappa shape index (κ3) is 2.03. The lowest BCUT2D eigenvalue weighted by molar-refractivity contribution is 0.548. The molecule has 0 saturated heterocycles.